The molecule has 1 aromatic heterocycles. The second-order valence-electron chi connectivity index (χ2n) is 10.1. The fraction of sp³-hybridized carbons (Fsp3) is 0.407. The highest BCUT2D eigenvalue weighted by Gasteiger charge is 2.40. The number of rotatable bonds is 13. The highest BCUT2D eigenvalue weighted by molar-refractivity contribution is 7.93. The van der Waals surface area contributed by atoms with Crippen LogP contribution in [-0.4, -0.2) is 53.4 Å². The number of benzene rings is 2. The van der Waals surface area contributed by atoms with Gasteiger partial charge in [-0.25, -0.2) is 26.9 Å². The normalized spacial score (nSPS) is 14.5. The largest absolute Gasteiger partial charge is 0.497 e. The quantitative estimate of drug-likeness (QED) is 0.239. The monoisotopic (exact) mass is 644 g/mol. The molecule has 0 bridgehead atoms. The Morgan fingerprint density at radius 2 is 1.95 bits per heavy atom. The summed E-state index contributed by atoms with van der Waals surface area (Å²) in [6.45, 7) is 1.86. The fourth-order valence-corrected chi connectivity index (χ4v) is 6.92. The molecule has 1 aliphatic rings. The molecule has 0 aliphatic heterocycles. The van der Waals surface area contributed by atoms with Gasteiger partial charge in [-0.2, -0.15) is 4.39 Å². The average molecular weight is 645 g/mol. The van der Waals surface area contributed by atoms with Gasteiger partial charge in [-0.1, -0.05) is 29.9 Å². The summed E-state index contributed by atoms with van der Waals surface area (Å²) in [6.07, 6.45) is 2.35. The number of thiazole rings is 1. The molecule has 1 saturated carbocycles. The number of alkyl carbamates (subject to hydrolysis) is 1. The van der Waals surface area contributed by atoms with Gasteiger partial charge in [0, 0.05) is 18.7 Å². The van der Waals surface area contributed by atoms with E-state index < -0.39 is 38.1 Å². The number of aromatic nitrogens is 1. The van der Waals surface area contributed by atoms with Crippen molar-refractivity contribution in [2.24, 2.45) is 5.41 Å². The molecule has 1 amide bonds. The number of carbonyl (C=O) groups excluding carboxylic acids is 1. The van der Waals surface area contributed by atoms with Crippen LogP contribution in [0.15, 0.2) is 41.4 Å². The molecule has 2 aromatic carbocycles. The predicted molar refractivity (Wildman–Crippen MR) is 156 cm³/mol. The van der Waals surface area contributed by atoms with Crippen molar-refractivity contribution >= 4 is 49.9 Å². The van der Waals surface area contributed by atoms with E-state index in [1.54, 1.807) is 18.2 Å². The van der Waals surface area contributed by atoms with Crippen LogP contribution in [0.2, 0.25) is 5.02 Å². The predicted octanol–water partition coefficient (Wildman–Crippen LogP) is 5.81. The van der Waals surface area contributed by atoms with Gasteiger partial charge >= 0.3 is 6.09 Å². The minimum atomic E-state index is -4.65. The van der Waals surface area contributed by atoms with E-state index in [1.165, 1.54) is 21.3 Å². The first-order valence-electron chi connectivity index (χ1n) is 12.9. The molecule has 2 N–H and O–H groups in total. The summed E-state index contributed by atoms with van der Waals surface area (Å²) < 4.78 is 74.0. The number of halogens is 3. The molecule has 42 heavy (non-hydrogen) atoms. The van der Waals surface area contributed by atoms with E-state index in [0.717, 1.165) is 35.5 Å². The van der Waals surface area contributed by atoms with Gasteiger partial charge in [0.25, 0.3) is 10.0 Å². The average Bonchev–Trinajstić information content (AvgIpc) is 3.53. The second-order valence-corrected chi connectivity index (χ2v) is 13.3. The number of sulfonamides is 1. The molecular weight excluding hydrogens is 614 g/mol. The zero-order valence-electron chi connectivity index (χ0n) is 23.4. The lowest BCUT2D eigenvalue weighted by molar-refractivity contribution is 0.0897. The van der Waals surface area contributed by atoms with Crippen LogP contribution in [0.3, 0.4) is 0 Å². The molecule has 1 atom stereocenters. The summed E-state index contributed by atoms with van der Waals surface area (Å²) >= 11 is 6.91. The Morgan fingerprint density at radius 3 is 2.55 bits per heavy atom. The minimum absolute atomic E-state index is 0.0542. The van der Waals surface area contributed by atoms with E-state index in [1.807, 2.05) is 0 Å². The van der Waals surface area contributed by atoms with Crippen molar-refractivity contribution in [1.29, 1.82) is 0 Å². The van der Waals surface area contributed by atoms with E-state index in [9.17, 15) is 17.6 Å². The second kappa shape index (κ2) is 12.9. The van der Waals surface area contributed by atoms with Gasteiger partial charge in [0.1, 0.15) is 28.3 Å². The summed E-state index contributed by atoms with van der Waals surface area (Å²) in [5.41, 5.74) is 0.565. The van der Waals surface area contributed by atoms with Crippen molar-refractivity contribution in [3.63, 3.8) is 0 Å². The maximum Gasteiger partial charge on any atom is 0.407 e. The van der Waals surface area contributed by atoms with E-state index in [-0.39, 0.29) is 34.3 Å². The van der Waals surface area contributed by atoms with Crippen molar-refractivity contribution in [1.82, 2.24) is 10.3 Å². The van der Waals surface area contributed by atoms with Crippen molar-refractivity contribution in [2.45, 2.75) is 43.7 Å². The zero-order valence-corrected chi connectivity index (χ0v) is 25.8. The first-order valence-corrected chi connectivity index (χ1v) is 15.5. The maximum absolute atomic E-state index is 15.5. The van der Waals surface area contributed by atoms with Crippen LogP contribution in [0, 0.1) is 16.4 Å². The van der Waals surface area contributed by atoms with Gasteiger partial charge in [0.05, 0.1) is 44.2 Å². The smallest absolute Gasteiger partial charge is 0.407 e. The van der Waals surface area contributed by atoms with Crippen LogP contribution >= 0.6 is 22.9 Å². The van der Waals surface area contributed by atoms with Gasteiger partial charge in [-0.3, -0.25) is 0 Å². The van der Waals surface area contributed by atoms with Crippen molar-refractivity contribution in [3.8, 4) is 11.5 Å². The lowest BCUT2D eigenvalue weighted by Gasteiger charge is -2.24. The Morgan fingerprint density at radius 1 is 1.21 bits per heavy atom. The molecule has 1 heterocycles. The number of ether oxygens (including phenoxy) is 3. The van der Waals surface area contributed by atoms with Crippen LogP contribution in [0.5, 0.6) is 11.5 Å². The molecular formula is C27H31ClF2N4O6S2. The molecule has 3 aromatic rings. The molecule has 0 spiro atoms. The fourth-order valence-electron chi connectivity index (χ4n) is 4.29. The lowest BCUT2D eigenvalue weighted by Crippen LogP contribution is -2.33. The summed E-state index contributed by atoms with van der Waals surface area (Å²) in [5, 5.41) is 4.36. The number of nitrogens with one attached hydrogen (secondary N) is 2. The van der Waals surface area contributed by atoms with Crippen LogP contribution < -0.4 is 24.4 Å². The number of nitrogens with zero attached hydrogens (tertiary/aromatic N) is 2. The standard InChI is InChI=1S/C27H31ClF2N4O6S2/c1-27(7-8-27)12-18(40-26(35)31-2)13-32-21-11-20(29)23(10-19(21)28)42(36,37)34(25-33-14-24(30)41-25)15-16-5-6-17(38-3)9-22(16)39-4/h5-6,9-11,14,18,32H,7-8,12-13,15H2,1-4H3,(H,31,35)/t18-/m1/s1. The zero-order chi connectivity index (χ0) is 30.7. The summed E-state index contributed by atoms with van der Waals surface area (Å²) in [7, 11) is -0.331. The number of carbonyl (C=O) groups is 1. The summed E-state index contributed by atoms with van der Waals surface area (Å²) in [4.78, 5) is 15.0. The van der Waals surface area contributed by atoms with Crippen LogP contribution in [0.1, 0.15) is 31.7 Å². The molecule has 0 radical (unpaired) electrons. The minimum Gasteiger partial charge on any atom is -0.497 e. The molecule has 15 heteroatoms. The Labute approximate surface area is 252 Å². The van der Waals surface area contributed by atoms with Crippen LogP contribution in [0.25, 0.3) is 0 Å². The van der Waals surface area contributed by atoms with Gasteiger partial charge in [0.2, 0.25) is 5.13 Å². The first kappa shape index (κ1) is 31.6. The summed E-state index contributed by atoms with van der Waals surface area (Å²) in [5.74, 6) is -0.317. The van der Waals surface area contributed by atoms with E-state index >= 15 is 4.39 Å². The SMILES string of the molecule is CNC(=O)O[C@@H](CNc1cc(F)c(S(=O)(=O)N(Cc2ccc(OC)cc2OC)c2ncc(F)s2)cc1Cl)CC1(C)CC1. The Kier molecular flexibility index (Phi) is 9.68. The molecule has 4 rings (SSSR count). The number of amides is 1. The Hall–Kier alpha value is -3.36. The van der Waals surface area contributed by atoms with E-state index in [0.29, 0.717) is 34.8 Å². The molecule has 0 saturated heterocycles. The van der Waals surface area contributed by atoms with Gasteiger partial charge in [0.15, 0.2) is 5.13 Å². The molecule has 0 unspecified atom stereocenters. The number of anilines is 2. The van der Waals surface area contributed by atoms with Crippen LogP contribution in [-0.2, 0) is 21.3 Å². The number of hydrogen-bond acceptors (Lipinski definition) is 9. The van der Waals surface area contributed by atoms with E-state index in [4.69, 9.17) is 25.8 Å². The topological polar surface area (TPSA) is 119 Å². The first-order chi connectivity index (χ1) is 19.9. The van der Waals surface area contributed by atoms with Gasteiger partial charge < -0.3 is 24.8 Å². The number of hydrogen-bond donors (Lipinski definition) is 2. The van der Waals surface area contributed by atoms with Crippen LogP contribution in [0.4, 0.5) is 24.4 Å². The summed E-state index contributed by atoms with van der Waals surface area (Å²) in [6, 6.07) is 6.69. The highest BCUT2D eigenvalue weighted by Crippen LogP contribution is 2.49. The molecule has 1 fully saturated rings. The molecule has 1 aliphatic carbocycles. The number of methoxy groups -OCH3 is 2. The third-order valence-electron chi connectivity index (χ3n) is 6.90. The van der Waals surface area contributed by atoms with E-state index in [2.05, 4.69) is 22.5 Å². The highest BCUT2D eigenvalue weighted by atomic mass is 35.5. The third kappa shape index (κ3) is 7.34. The maximum atomic E-state index is 15.5. The lowest BCUT2D eigenvalue weighted by atomic mass is 10.0. The van der Waals surface area contributed by atoms with Crippen molar-refractivity contribution in [3.05, 3.63) is 58.1 Å². The van der Waals surface area contributed by atoms with Gasteiger partial charge in [-0.05, 0) is 48.9 Å². The molecule has 10 nitrogen and oxygen atoms in total. The third-order valence-corrected chi connectivity index (χ3v) is 9.89. The van der Waals surface area contributed by atoms with Crippen molar-refractivity contribution < 1.29 is 36.2 Å². The molecule has 228 valence electrons. The van der Waals surface area contributed by atoms with Crippen molar-refractivity contribution in [2.75, 3.05) is 37.4 Å². The Balaban J connectivity index is 1.63. The Bertz CT molecular complexity index is 1550. The van der Waals surface area contributed by atoms with Gasteiger partial charge in [-0.15, -0.1) is 0 Å².